The third kappa shape index (κ3) is 3.15. The van der Waals surface area contributed by atoms with Crippen LogP contribution in [0.15, 0.2) is 24.3 Å². The summed E-state index contributed by atoms with van der Waals surface area (Å²) in [6.07, 6.45) is 4.72. The van der Waals surface area contributed by atoms with Crippen LogP contribution in [0.25, 0.3) is 0 Å². The van der Waals surface area contributed by atoms with Crippen LogP contribution in [0.4, 0.5) is 0 Å². The van der Waals surface area contributed by atoms with Crippen LogP contribution in [0, 0.1) is 11.8 Å². The van der Waals surface area contributed by atoms with Gasteiger partial charge in [-0.15, -0.1) is 0 Å². The van der Waals surface area contributed by atoms with Crippen molar-refractivity contribution in [1.82, 2.24) is 4.90 Å². The molecule has 1 saturated carbocycles. The lowest BCUT2D eigenvalue weighted by atomic mass is 9.79. The Morgan fingerprint density at radius 1 is 1.33 bits per heavy atom. The monoisotopic (exact) mass is 331 g/mol. The summed E-state index contributed by atoms with van der Waals surface area (Å²) >= 11 is 0. The van der Waals surface area contributed by atoms with Crippen LogP contribution in [-0.2, 0) is 9.47 Å². The zero-order valence-electron chi connectivity index (χ0n) is 13.9. The van der Waals surface area contributed by atoms with E-state index in [9.17, 15) is 9.90 Å². The van der Waals surface area contributed by atoms with E-state index in [0.29, 0.717) is 24.6 Å². The van der Waals surface area contributed by atoms with Crippen LogP contribution in [0.1, 0.15) is 36.0 Å². The first-order valence-corrected chi connectivity index (χ1v) is 8.96. The number of ether oxygens (including phenoxy) is 2. The van der Waals surface area contributed by atoms with Crippen LogP contribution in [-0.4, -0.2) is 54.4 Å². The first kappa shape index (κ1) is 15.9. The molecule has 1 aromatic carbocycles. The first-order chi connectivity index (χ1) is 11.7. The van der Waals surface area contributed by atoms with Crippen molar-refractivity contribution in [3.8, 4) is 5.75 Å². The van der Waals surface area contributed by atoms with Crippen molar-refractivity contribution in [2.45, 2.75) is 31.3 Å². The van der Waals surface area contributed by atoms with Gasteiger partial charge in [-0.25, -0.2) is 0 Å². The largest absolute Gasteiger partial charge is 0.508 e. The molecule has 0 radical (unpaired) electrons. The third-order valence-electron chi connectivity index (χ3n) is 5.56. The summed E-state index contributed by atoms with van der Waals surface area (Å²) < 4.78 is 11.8. The second-order valence-corrected chi connectivity index (χ2v) is 7.42. The highest BCUT2D eigenvalue weighted by Gasteiger charge is 2.54. The number of hydrogen-bond donors (Lipinski definition) is 1. The van der Waals surface area contributed by atoms with Crippen molar-refractivity contribution in [2.75, 3.05) is 32.9 Å². The molecule has 1 aliphatic carbocycles. The predicted molar refractivity (Wildman–Crippen MR) is 89.0 cm³/mol. The Morgan fingerprint density at radius 3 is 2.92 bits per heavy atom. The normalized spacial score (nSPS) is 25.0. The number of carbonyl (C=O) groups excluding carboxylic acids is 1. The maximum absolute atomic E-state index is 12.5. The van der Waals surface area contributed by atoms with Gasteiger partial charge in [0.05, 0.1) is 13.1 Å². The predicted octanol–water partition coefficient (Wildman–Crippen LogP) is 2.44. The molecule has 130 valence electrons. The van der Waals surface area contributed by atoms with E-state index in [1.165, 1.54) is 18.9 Å². The Kier molecular flexibility index (Phi) is 4.22. The Hall–Kier alpha value is -1.59. The topological polar surface area (TPSA) is 59.0 Å². The second kappa shape index (κ2) is 6.37. The zero-order valence-corrected chi connectivity index (χ0v) is 13.9. The fraction of sp³-hybridized carbons (Fsp3) is 0.632. The van der Waals surface area contributed by atoms with Crippen molar-refractivity contribution in [3.05, 3.63) is 29.8 Å². The van der Waals surface area contributed by atoms with Crippen LogP contribution in [0.5, 0.6) is 5.75 Å². The number of amides is 1. The molecule has 3 fully saturated rings. The molecule has 24 heavy (non-hydrogen) atoms. The van der Waals surface area contributed by atoms with Gasteiger partial charge < -0.3 is 19.5 Å². The lowest BCUT2D eigenvalue weighted by Gasteiger charge is -2.50. The van der Waals surface area contributed by atoms with Crippen molar-refractivity contribution < 1.29 is 19.4 Å². The lowest BCUT2D eigenvalue weighted by Crippen LogP contribution is -2.66. The quantitative estimate of drug-likeness (QED) is 0.814. The van der Waals surface area contributed by atoms with E-state index in [1.807, 2.05) is 4.90 Å². The molecule has 2 heterocycles. The summed E-state index contributed by atoms with van der Waals surface area (Å²) in [5, 5.41) is 9.54. The molecule has 1 atom stereocenters. The summed E-state index contributed by atoms with van der Waals surface area (Å²) in [7, 11) is 0. The van der Waals surface area contributed by atoms with E-state index < -0.39 is 0 Å². The summed E-state index contributed by atoms with van der Waals surface area (Å²) in [4.78, 5) is 14.3. The zero-order chi connectivity index (χ0) is 16.6. The second-order valence-electron chi connectivity index (χ2n) is 7.42. The van der Waals surface area contributed by atoms with Crippen molar-refractivity contribution in [3.63, 3.8) is 0 Å². The number of phenols is 1. The van der Waals surface area contributed by atoms with Crippen LogP contribution < -0.4 is 0 Å². The third-order valence-corrected chi connectivity index (χ3v) is 5.56. The van der Waals surface area contributed by atoms with Gasteiger partial charge in [0.25, 0.3) is 5.91 Å². The molecular formula is C19H25NO4. The van der Waals surface area contributed by atoms with Gasteiger partial charge >= 0.3 is 0 Å². The first-order valence-electron chi connectivity index (χ1n) is 8.96. The lowest BCUT2D eigenvalue weighted by molar-refractivity contribution is -0.120. The molecule has 1 N–H and O–H groups in total. The smallest absolute Gasteiger partial charge is 0.254 e. The molecule has 3 aliphatic rings. The standard InChI is InChI=1S/C19H25NO4/c21-17-3-1-2-15(10-17)18(22)20-12-19(13-20)16(7-9-24-19)6-8-23-11-14-4-5-14/h1-3,10,14,16,21H,4-9,11-13H2/t16-/m0/s1. The highest BCUT2D eigenvalue weighted by Crippen LogP contribution is 2.42. The van der Waals surface area contributed by atoms with Gasteiger partial charge in [-0.1, -0.05) is 6.07 Å². The minimum Gasteiger partial charge on any atom is -0.508 e. The van der Waals surface area contributed by atoms with E-state index >= 15 is 0 Å². The average molecular weight is 331 g/mol. The Labute approximate surface area is 142 Å². The van der Waals surface area contributed by atoms with Gasteiger partial charge in [0.2, 0.25) is 0 Å². The molecule has 2 saturated heterocycles. The highest BCUT2D eigenvalue weighted by atomic mass is 16.5. The SMILES string of the molecule is O=C(c1cccc(O)c1)N1CC2(C1)OCC[C@@H]2CCOCC1CC1. The maximum Gasteiger partial charge on any atom is 0.254 e. The van der Waals surface area contributed by atoms with Crippen molar-refractivity contribution >= 4 is 5.91 Å². The van der Waals surface area contributed by atoms with Crippen LogP contribution in [0.2, 0.25) is 0 Å². The molecule has 1 aromatic rings. The summed E-state index contributed by atoms with van der Waals surface area (Å²) in [5.41, 5.74) is 0.363. The molecule has 0 bridgehead atoms. The molecule has 0 aromatic heterocycles. The van der Waals surface area contributed by atoms with Gasteiger partial charge in [0, 0.05) is 25.4 Å². The summed E-state index contributed by atoms with van der Waals surface area (Å²) in [6, 6.07) is 6.54. The van der Waals surface area contributed by atoms with E-state index in [0.717, 1.165) is 38.6 Å². The van der Waals surface area contributed by atoms with E-state index in [4.69, 9.17) is 9.47 Å². The summed E-state index contributed by atoms with van der Waals surface area (Å²) in [5.74, 6) is 1.37. The minimum atomic E-state index is -0.171. The fourth-order valence-corrected chi connectivity index (χ4v) is 3.87. The van der Waals surface area contributed by atoms with Crippen LogP contribution >= 0.6 is 0 Å². The van der Waals surface area contributed by atoms with Gasteiger partial charge in [-0.2, -0.15) is 0 Å². The molecule has 5 heteroatoms. The van der Waals surface area contributed by atoms with Gasteiger partial charge in [0.15, 0.2) is 0 Å². The number of carbonyl (C=O) groups is 1. The van der Waals surface area contributed by atoms with Crippen molar-refractivity contribution in [2.24, 2.45) is 11.8 Å². The molecular weight excluding hydrogens is 306 g/mol. The molecule has 2 aliphatic heterocycles. The molecule has 4 rings (SSSR count). The molecule has 5 nitrogen and oxygen atoms in total. The van der Waals surface area contributed by atoms with Crippen molar-refractivity contribution in [1.29, 1.82) is 0 Å². The number of aromatic hydroxyl groups is 1. The fourth-order valence-electron chi connectivity index (χ4n) is 3.87. The molecule has 0 unspecified atom stereocenters. The van der Waals surface area contributed by atoms with Gasteiger partial charge in [-0.3, -0.25) is 4.79 Å². The van der Waals surface area contributed by atoms with Gasteiger partial charge in [-0.05, 0) is 55.7 Å². The Balaban J connectivity index is 1.29. The maximum atomic E-state index is 12.5. The minimum absolute atomic E-state index is 0.0317. The van der Waals surface area contributed by atoms with Gasteiger partial charge in [0.1, 0.15) is 11.4 Å². The van der Waals surface area contributed by atoms with E-state index in [1.54, 1.807) is 18.2 Å². The highest BCUT2D eigenvalue weighted by molar-refractivity contribution is 5.95. The number of benzene rings is 1. The Bertz CT molecular complexity index is 607. The van der Waals surface area contributed by atoms with Crippen LogP contribution in [0.3, 0.4) is 0 Å². The number of phenolic OH excluding ortho intramolecular Hbond substituents is 1. The van der Waals surface area contributed by atoms with E-state index in [2.05, 4.69) is 0 Å². The summed E-state index contributed by atoms with van der Waals surface area (Å²) in [6.45, 7) is 3.78. The number of likely N-dealkylation sites (tertiary alicyclic amines) is 1. The Morgan fingerprint density at radius 2 is 2.17 bits per heavy atom. The number of nitrogens with zero attached hydrogens (tertiary/aromatic N) is 1. The van der Waals surface area contributed by atoms with E-state index in [-0.39, 0.29) is 17.3 Å². The molecule has 1 amide bonds. The number of rotatable bonds is 6. The number of hydrogen-bond acceptors (Lipinski definition) is 4. The molecule has 1 spiro atoms. The average Bonchev–Trinajstić information content (AvgIpc) is 3.27.